The molecule has 24 heavy (non-hydrogen) atoms. The molecule has 5 heteroatoms. The molecule has 0 spiro atoms. The summed E-state index contributed by atoms with van der Waals surface area (Å²) < 4.78 is 10.6. The maximum absolute atomic E-state index is 12.5. The summed E-state index contributed by atoms with van der Waals surface area (Å²) in [5, 5.41) is 0. The molecule has 5 nitrogen and oxygen atoms in total. The van der Waals surface area contributed by atoms with Gasteiger partial charge in [0.05, 0.1) is 6.26 Å². The summed E-state index contributed by atoms with van der Waals surface area (Å²) in [4.78, 5) is 24.1. The Bertz CT molecular complexity index is 840. The Kier molecular flexibility index (Phi) is 4.43. The van der Waals surface area contributed by atoms with Gasteiger partial charge >= 0.3 is 5.97 Å². The Morgan fingerprint density at radius 3 is 2.17 bits per heavy atom. The van der Waals surface area contributed by atoms with Crippen molar-refractivity contribution in [3.05, 3.63) is 84.3 Å². The smallest absolute Gasteiger partial charge is 0.376 e. The first-order chi connectivity index (χ1) is 11.7. The molecule has 0 saturated heterocycles. The van der Waals surface area contributed by atoms with Crippen molar-refractivity contribution in [3.8, 4) is 11.1 Å². The maximum Gasteiger partial charge on any atom is 0.376 e. The van der Waals surface area contributed by atoms with Crippen molar-refractivity contribution >= 4 is 11.9 Å². The average molecular weight is 321 g/mol. The Balaban J connectivity index is 1.88. The molecule has 0 radical (unpaired) electrons. The molecule has 1 amide bonds. The molecular formula is C19H15NO4. The quantitative estimate of drug-likeness (QED) is 0.731. The van der Waals surface area contributed by atoms with E-state index in [1.165, 1.54) is 6.26 Å². The minimum atomic E-state index is -1.17. The number of rotatable bonds is 5. The Morgan fingerprint density at radius 1 is 0.917 bits per heavy atom. The molecule has 0 unspecified atom stereocenters. The first kappa shape index (κ1) is 15.6. The summed E-state index contributed by atoms with van der Waals surface area (Å²) in [5.74, 6) is -1.46. The zero-order chi connectivity index (χ0) is 16.9. The van der Waals surface area contributed by atoms with E-state index in [1.807, 2.05) is 30.3 Å². The van der Waals surface area contributed by atoms with Crippen LogP contribution in [0.2, 0.25) is 0 Å². The Hall–Kier alpha value is -3.34. The highest BCUT2D eigenvalue weighted by molar-refractivity contribution is 5.96. The molecule has 3 aromatic rings. The van der Waals surface area contributed by atoms with Gasteiger partial charge < -0.3 is 14.9 Å². The molecule has 1 atom stereocenters. The first-order valence-corrected chi connectivity index (χ1v) is 7.35. The molecule has 0 bridgehead atoms. The SMILES string of the molecule is NC(=O)[C@@H](OC(=O)c1occc1-c1ccccc1)c1ccccc1. The average Bonchev–Trinajstić information content (AvgIpc) is 3.10. The fourth-order valence-electron chi connectivity index (χ4n) is 2.39. The molecule has 1 heterocycles. The van der Waals surface area contributed by atoms with E-state index in [-0.39, 0.29) is 5.76 Å². The summed E-state index contributed by atoms with van der Waals surface area (Å²) in [6, 6.07) is 19.6. The molecule has 2 N–H and O–H groups in total. The van der Waals surface area contributed by atoms with E-state index >= 15 is 0 Å². The monoisotopic (exact) mass is 321 g/mol. The second kappa shape index (κ2) is 6.83. The lowest BCUT2D eigenvalue weighted by Crippen LogP contribution is -2.26. The van der Waals surface area contributed by atoms with Crippen molar-refractivity contribution in [2.24, 2.45) is 5.73 Å². The van der Waals surface area contributed by atoms with Crippen LogP contribution in [0.5, 0.6) is 0 Å². The fraction of sp³-hybridized carbons (Fsp3) is 0.0526. The minimum Gasteiger partial charge on any atom is -0.457 e. The zero-order valence-electron chi connectivity index (χ0n) is 12.7. The standard InChI is InChI=1S/C19H15NO4/c20-18(21)16(14-9-5-2-6-10-14)24-19(22)17-15(11-12-23-17)13-7-3-1-4-8-13/h1-12,16H,(H2,20,21)/t16-/m0/s1. The highest BCUT2D eigenvalue weighted by Gasteiger charge is 2.26. The number of benzene rings is 2. The Labute approximate surface area is 138 Å². The van der Waals surface area contributed by atoms with Crippen LogP contribution >= 0.6 is 0 Å². The molecule has 0 aliphatic carbocycles. The van der Waals surface area contributed by atoms with Crippen LogP contribution in [0.15, 0.2) is 77.4 Å². The van der Waals surface area contributed by atoms with E-state index in [0.717, 1.165) is 5.56 Å². The summed E-state index contributed by atoms with van der Waals surface area (Å²) in [7, 11) is 0. The molecule has 0 aliphatic heterocycles. The van der Waals surface area contributed by atoms with Gasteiger partial charge in [-0.1, -0.05) is 60.7 Å². The van der Waals surface area contributed by atoms with Gasteiger partial charge in [0.25, 0.3) is 5.91 Å². The van der Waals surface area contributed by atoms with Gasteiger partial charge in [-0.25, -0.2) is 4.79 Å². The summed E-state index contributed by atoms with van der Waals surface area (Å²) in [6.45, 7) is 0. The highest BCUT2D eigenvalue weighted by atomic mass is 16.6. The number of hydrogen-bond acceptors (Lipinski definition) is 4. The van der Waals surface area contributed by atoms with Crippen molar-refractivity contribution in [3.63, 3.8) is 0 Å². The van der Waals surface area contributed by atoms with Gasteiger partial charge in [0.15, 0.2) is 0 Å². The van der Waals surface area contributed by atoms with E-state index in [1.54, 1.807) is 36.4 Å². The third-order valence-corrected chi connectivity index (χ3v) is 3.52. The molecular weight excluding hydrogens is 306 g/mol. The molecule has 0 saturated carbocycles. The van der Waals surface area contributed by atoms with E-state index in [2.05, 4.69) is 0 Å². The number of ether oxygens (including phenoxy) is 1. The van der Waals surface area contributed by atoms with Crippen molar-refractivity contribution in [1.29, 1.82) is 0 Å². The summed E-state index contributed by atoms with van der Waals surface area (Å²) in [6.07, 6.45) is 0.230. The van der Waals surface area contributed by atoms with Gasteiger partial charge in [-0.15, -0.1) is 0 Å². The lowest BCUT2D eigenvalue weighted by molar-refractivity contribution is -0.127. The molecule has 0 fully saturated rings. The van der Waals surface area contributed by atoms with Crippen LogP contribution in [0, 0.1) is 0 Å². The zero-order valence-corrected chi connectivity index (χ0v) is 12.7. The normalized spacial score (nSPS) is 11.7. The number of nitrogens with two attached hydrogens (primary N) is 1. The summed E-state index contributed by atoms with van der Waals surface area (Å²) in [5.41, 5.74) is 7.29. The summed E-state index contributed by atoms with van der Waals surface area (Å²) >= 11 is 0. The van der Waals surface area contributed by atoms with Crippen molar-refractivity contribution < 1.29 is 18.7 Å². The number of primary amides is 1. The third-order valence-electron chi connectivity index (χ3n) is 3.52. The number of amides is 1. The number of hydrogen-bond donors (Lipinski definition) is 1. The highest BCUT2D eigenvalue weighted by Crippen LogP contribution is 2.27. The lowest BCUT2D eigenvalue weighted by Gasteiger charge is -2.14. The van der Waals surface area contributed by atoms with Crippen molar-refractivity contribution in [2.75, 3.05) is 0 Å². The molecule has 1 aromatic heterocycles. The van der Waals surface area contributed by atoms with Crippen molar-refractivity contribution in [2.45, 2.75) is 6.10 Å². The first-order valence-electron chi connectivity index (χ1n) is 7.35. The van der Waals surface area contributed by atoms with Gasteiger partial charge in [0.2, 0.25) is 11.9 Å². The molecule has 3 rings (SSSR count). The van der Waals surface area contributed by atoms with Crippen molar-refractivity contribution in [1.82, 2.24) is 0 Å². The maximum atomic E-state index is 12.5. The van der Waals surface area contributed by atoms with Gasteiger partial charge in [0.1, 0.15) is 0 Å². The molecule has 2 aromatic carbocycles. The minimum absolute atomic E-state index is 0.0309. The van der Waals surface area contributed by atoms with Crippen LogP contribution in [0.25, 0.3) is 11.1 Å². The number of esters is 1. The van der Waals surface area contributed by atoms with Gasteiger partial charge in [-0.2, -0.15) is 0 Å². The van der Waals surface area contributed by atoms with Crippen LogP contribution in [-0.4, -0.2) is 11.9 Å². The molecule has 0 aliphatic rings. The van der Waals surface area contributed by atoms with E-state index < -0.39 is 18.0 Å². The number of furan rings is 1. The predicted octanol–water partition coefficient (Wildman–Crippen LogP) is 3.33. The second-order valence-electron chi connectivity index (χ2n) is 5.13. The van der Waals surface area contributed by atoms with Crippen LogP contribution < -0.4 is 5.73 Å². The third kappa shape index (κ3) is 3.20. The van der Waals surface area contributed by atoms with Crippen LogP contribution in [0.3, 0.4) is 0 Å². The van der Waals surface area contributed by atoms with Gasteiger partial charge in [-0.05, 0) is 11.6 Å². The second-order valence-corrected chi connectivity index (χ2v) is 5.13. The van der Waals surface area contributed by atoms with Gasteiger partial charge in [0, 0.05) is 11.1 Å². The predicted molar refractivity (Wildman–Crippen MR) is 87.9 cm³/mol. The fourth-order valence-corrected chi connectivity index (χ4v) is 2.39. The Morgan fingerprint density at radius 2 is 1.54 bits per heavy atom. The van der Waals surface area contributed by atoms with E-state index in [0.29, 0.717) is 11.1 Å². The van der Waals surface area contributed by atoms with Gasteiger partial charge in [-0.3, -0.25) is 4.79 Å². The topological polar surface area (TPSA) is 82.5 Å². The van der Waals surface area contributed by atoms with Crippen LogP contribution in [0.1, 0.15) is 22.2 Å². The number of carbonyl (C=O) groups is 2. The van der Waals surface area contributed by atoms with E-state index in [4.69, 9.17) is 14.9 Å². The largest absolute Gasteiger partial charge is 0.457 e. The van der Waals surface area contributed by atoms with Crippen LogP contribution in [0.4, 0.5) is 0 Å². The molecule has 120 valence electrons. The van der Waals surface area contributed by atoms with Crippen LogP contribution in [-0.2, 0) is 9.53 Å². The lowest BCUT2D eigenvalue weighted by atomic mass is 10.1. The number of carbonyl (C=O) groups excluding carboxylic acids is 2. The van der Waals surface area contributed by atoms with E-state index in [9.17, 15) is 9.59 Å².